The molecule has 1 fully saturated rings. The molecule has 1 aromatic carbocycles. The van der Waals surface area contributed by atoms with Gasteiger partial charge >= 0.3 is 0 Å². The van der Waals surface area contributed by atoms with Gasteiger partial charge in [-0.1, -0.05) is 88.2 Å². The first-order valence-electron chi connectivity index (χ1n) is 11.6. The van der Waals surface area contributed by atoms with E-state index in [2.05, 4.69) is 61.8 Å². The van der Waals surface area contributed by atoms with Gasteiger partial charge in [0.1, 0.15) is 0 Å². The van der Waals surface area contributed by atoms with Crippen molar-refractivity contribution in [2.45, 2.75) is 90.9 Å². The van der Waals surface area contributed by atoms with Crippen molar-refractivity contribution in [2.75, 3.05) is 0 Å². The van der Waals surface area contributed by atoms with E-state index in [-0.39, 0.29) is 0 Å². The van der Waals surface area contributed by atoms with E-state index < -0.39 is 0 Å². The first-order valence-corrected chi connectivity index (χ1v) is 11.6. The normalized spacial score (nSPS) is 18.9. The van der Waals surface area contributed by atoms with E-state index in [1.807, 2.05) is 12.2 Å². The summed E-state index contributed by atoms with van der Waals surface area (Å²) in [5, 5.41) is 0. The van der Waals surface area contributed by atoms with Crippen LogP contribution in [0.2, 0.25) is 0 Å². The smallest absolute Gasteiger partial charge is 0.0249 e. The van der Waals surface area contributed by atoms with Crippen LogP contribution in [0.4, 0.5) is 0 Å². The molecule has 2 rings (SSSR count). The summed E-state index contributed by atoms with van der Waals surface area (Å²) in [5.41, 5.74) is 2.49. The first-order chi connectivity index (χ1) is 13.8. The van der Waals surface area contributed by atoms with Crippen LogP contribution in [0.15, 0.2) is 36.4 Å². The summed E-state index contributed by atoms with van der Waals surface area (Å²) >= 11 is 0. The zero-order valence-corrected chi connectivity index (χ0v) is 18.1. The molecule has 150 valence electrons. The molecule has 0 N–H and O–H groups in total. The Balaban J connectivity index is 1.67. The monoisotopic (exact) mass is 374 g/mol. The SMILES string of the molecule is CCCCCC[C@H]1CC[C@H](C#C/C=C/C#Cc2ccc(CCCC)cc2)CC1. The van der Waals surface area contributed by atoms with Gasteiger partial charge in [0.05, 0.1) is 0 Å². The summed E-state index contributed by atoms with van der Waals surface area (Å²) in [5.74, 6) is 14.5. The Morgan fingerprint density at radius 2 is 1.54 bits per heavy atom. The average molecular weight is 375 g/mol. The topological polar surface area (TPSA) is 0 Å². The second-order valence-electron chi connectivity index (χ2n) is 8.26. The fourth-order valence-corrected chi connectivity index (χ4v) is 3.97. The maximum absolute atomic E-state index is 3.44. The summed E-state index contributed by atoms with van der Waals surface area (Å²) < 4.78 is 0. The Labute approximate surface area is 174 Å². The van der Waals surface area contributed by atoms with E-state index in [9.17, 15) is 0 Å². The highest BCUT2D eigenvalue weighted by atomic mass is 14.2. The molecule has 0 saturated heterocycles. The molecule has 0 atom stereocenters. The van der Waals surface area contributed by atoms with Crippen molar-refractivity contribution in [1.29, 1.82) is 0 Å². The zero-order valence-electron chi connectivity index (χ0n) is 18.1. The van der Waals surface area contributed by atoms with E-state index in [4.69, 9.17) is 0 Å². The molecular formula is C28H38. The first kappa shape index (κ1) is 22.4. The molecule has 0 amide bonds. The van der Waals surface area contributed by atoms with Gasteiger partial charge in [-0.05, 0) is 74.3 Å². The van der Waals surface area contributed by atoms with Gasteiger partial charge < -0.3 is 0 Å². The van der Waals surface area contributed by atoms with Crippen LogP contribution < -0.4 is 0 Å². The van der Waals surface area contributed by atoms with Crippen LogP contribution in [0, 0.1) is 35.5 Å². The van der Waals surface area contributed by atoms with Crippen LogP contribution >= 0.6 is 0 Å². The molecular weight excluding hydrogens is 336 g/mol. The Kier molecular flexibility index (Phi) is 11.3. The van der Waals surface area contributed by atoms with Crippen molar-refractivity contribution in [3.05, 3.63) is 47.5 Å². The fourth-order valence-electron chi connectivity index (χ4n) is 3.97. The quantitative estimate of drug-likeness (QED) is 0.323. The van der Waals surface area contributed by atoms with Gasteiger partial charge in [0.25, 0.3) is 0 Å². The van der Waals surface area contributed by atoms with Crippen LogP contribution in [0.5, 0.6) is 0 Å². The molecule has 0 nitrogen and oxygen atoms in total. The minimum atomic E-state index is 0.597. The predicted molar refractivity (Wildman–Crippen MR) is 123 cm³/mol. The summed E-state index contributed by atoms with van der Waals surface area (Å²) in [7, 11) is 0. The van der Waals surface area contributed by atoms with E-state index in [0.717, 1.165) is 11.5 Å². The lowest BCUT2D eigenvalue weighted by Crippen LogP contribution is -2.13. The van der Waals surface area contributed by atoms with Gasteiger partial charge in [-0.25, -0.2) is 0 Å². The standard InChI is InChI=1S/C28H38/c1-3-5-7-10-14-26-21-23-28(24-22-26)16-12-9-8-11-15-27-19-17-25(18-20-27)13-6-4-2/h8-9,17-20,26,28H,3-7,10,13-14,21-24H2,1-2H3/b9-8+/t26-,28-. The molecule has 1 aliphatic rings. The molecule has 0 heterocycles. The van der Waals surface area contributed by atoms with Crippen molar-refractivity contribution in [2.24, 2.45) is 11.8 Å². The lowest BCUT2D eigenvalue weighted by Gasteiger charge is -2.25. The van der Waals surface area contributed by atoms with Gasteiger partial charge in [-0.15, -0.1) is 0 Å². The second-order valence-corrected chi connectivity index (χ2v) is 8.26. The fraction of sp³-hybridized carbons (Fsp3) is 0.571. The van der Waals surface area contributed by atoms with Crippen molar-refractivity contribution < 1.29 is 0 Å². The highest BCUT2D eigenvalue weighted by Gasteiger charge is 2.19. The Hall–Kier alpha value is -1.92. The third-order valence-corrected chi connectivity index (χ3v) is 5.84. The highest BCUT2D eigenvalue weighted by Crippen LogP contribution is 2.31. The van der Waals surface area contributed by atoms with Crippen molar-refractivity contribution in [3.8, 4) is 23.7 Å². The Morgan fingerprint density at radius 1 is 0.821 bits per heavy atom. The van der Waals surface area contributed by atoms with E-state index >= 15 is 0 Å². The molecule has 1 saturated carbocycles. The molecule has 28 heavy (non-hydrogen) atoms. The summed E-state index contributed by atoms with van der Waals surface area (Å²) in [6.45, 7) is 4.52. The van der Waals surface area contributed by atoms with Crippen molar-refractivity contribution in [1.82, 2.24) is 0 Å². The van der Waals surface area contributed by atoms with E-state index in [1.54, 1.807) is 0 Å². The molecule has 0 spiro atoms. The van der Waals surface area contributed by atoms with Gasteiger partial charge in [0, 0.05) is 11.5 Å². The predicted octanol–water partition coefficient (Wildman–Crippen LogP) is 7.72. The number of rotatable bonds is 8. The number of aryl methyl sites for hydroxylation is 1. The number of unbranched alkanes of at least 4 members (excludes halogenated alkanes) is 4. The molecule has 1 aromatic rings. The molecule has 0 bridgehead atoms. The van der Waals surface area contributed by atoms with Crippen LogP contribution in [0.3, 0.4) is 0 Å². The average Bonchev–Trinajstić information content (AvgIpc) is 2.74. The number of benzene rings is 1. The van der Waals surface area contributed by atoms with E-state index in [0.29, 0.717) is 5.92 Å². The van der Waals surface area contributed by atoms with Crippen LogP contribution in [-0.2, 0) is 6.42 Å². The molecule has 0 heteroatoms. The largest absolute Gasteiger partial charge is 0.0951 e. The van der Waals surface area contributed by atoms with Crippen molar-refractivity contribution >= 4 is 0 Å². The zero-order chi connectivity index (χ0) is 19.9. The maximum atomic E-state index is 3.44. The third kappa shape index (κ3) is 9.33. The van der Waals surface area contributed by atoms with Crippen molar-refractivity contribution in [3.63, 3.8) is 0 Å². The number of hydrogen-bond acceptors (Lipinski definition) is 0. The summed E-state index contributed by atoms with van der Waals surface area (Å²) in [6.07, 6.45) is 19.8. The molecule has 0 aromatic heterocycles. The Morgan fingerprint density at radius 3 is 2.25 bits per heavy atom. The summed E-state index contributed by atoms with van der Waals surface area (Å²) in [4.78, 5) is 0. The van der Waals surface area contributed by atoms with Crippen LogP contribution in [0.1, 0.15) is 95.6 Å². The van der Waals surface area contributed by atoms with E-state index in [1.165, 1.54) is 82.6 Å². The number of allylic oxidation sites excluding steroid dienone is 2. The van der Waals surface area contributed by atoms with Gasteiger partial charge in [0.2, 0.25) is 0 Å². The minimum Gasteiger partial charge on any atom is -0.0951 e. The molecule has 1 aliphatic carbocycles. The maximum Gasteiger partial charge on any atom is 0.0249 e. The van der Waals surface area contributed by atoms with Gasteiger partial charge in [-0.3, -0.25) is 0 Å². The lowest BCUT2D eigenvalue weighted by molar-refractivity contribution is 0.294. The van der Waals surface area contributed by atoms with Gasteiger partial charge in [-0.2, -0.15) is 0 Å². The molecule has 0 unspecified atom stereocenters. The van der Waals surface area contributed by atoms with Gasteiger partial charge in [0.15, 0.2) is 0 Å². The minimum absolute atomic E-state index is 0.597. The lowest BCUT2D eigenvalue weighted by atomic mass is 9.80. The highest BCUT2D eigenvalue weighted by molar-refractivity contribution is 5.39. The third-order valence-electron chi connectivity index (χ3n) is 5.84. The molecule has 0 aliphatic heterocycles. The molecule has 0 radical (unpaired) electrons. The second kappa shape index (κ2) is 14.1. The van der Waals surface area contributed by atoms with Crippen LogP contribution in [0.25, 0.3) is 0 Å². The summed E-state index contributed by atoms with van der Waals surface area (Å²) in [6, 6.07) is 8.64. The number of hydrogen-bond donors (Lipinski definition) is 0. The Bertz CT molecular complexity index is 676. The van der Waals surface area contributed by atoms with Crippen LogP contribution in [-0.4, -0.2) is 0 Å².